The molecule has 0 spiro atoms. The zero-order valence-electron chi connectivity index (χ0n) is 7.82. The van der Waals surface area contributed by atoms with Gasteiger partial charge in [-0.1, -0.05) is 17.7 Å². The quantitative estimate of drug-likeness (QED) is 0.600. The molecule has 2 N–H and O–H groups in total. The van der Waals surface area contributed by atoms with Crippen LogP contribution in [0.5, 0.6) is 0 Å². The lowest BCUT2D eigenvalue weighted by Gasteiger charge is -2.10. The predicted octanol–water partition coefficient (Wildman–Crippen LogP) is 1.94. The number of halogens is 1. The van der Waals surface area contributed by atoms with E-state index in [1.165, 1.54) is 0 Å². The van der Waals surface area contributed by atoms with Crippen molar-refractivity contribution in [3.63, 3.8) is 0 Å². The molecule has 0 amide bonds. The van der Waals surface area contributed by atoms with Crippen LogP contribution < -0.4 is 5.73 Å². The molecule has 0 saturated heterocycles. The third kappa shape index (κ3) is 3.46. The van der Waals surface area contributed by atoms with Crippen molar-refractivity contribution in [2.75, 3.05) is 13.2 Å². The first kappa shape index (κ1) is 11.2. The van der Waals surface area contributed by atoms with E-state index in [0.717, 1.165) is 5.69 Å². The zero-order valence-corrected chi connectivity index (χ0v) is 8.57. The molecule has 1 heterocycles. The normalized spacial score (nSPS) is 12.4. The highest BCUT2D eigenvalue weighted by atomic mass is 35.5. The monoisotopic (exact) mass is 212 g/mol. The van der Waals surface area contributed by atoms with Gasteiger partial charge in [0.2, 0.25) is 0 Å². The second-order valence-electron chi connectivity index (χ2n) is 2.83. The Kier molecular flexibility index (Phi) is 4.59. The Morgan fingerprint density at radius 1 is 1.64 bits per heavy atom. The summed E-state index contributed by atoms with van der Waals surface area (Å²) in [5, 5.41) is 0.605. The van der Waals surface area contributed by atoms with E-state index < -0.39 is 0 Å². The number of rotatable bonds is 5. The van der Waals surface area contributed by atoms with Crippen molar-refractivity contribution in [3.8, 4) is 0 Å². The molecule has 14 heavy (non-hydrogen) atoms. The number of nitrogens with two attached hydrogens (primary N) is 1. The molecule has 0 saturated carbocycles. The predicted molar refractivity (Wildman–Crippen MR) is 57.2 cm³/mol. The minimum absolute atomic E-state index is 0.216. The summed E-state index contributed by atoms with van der Waals surface area (Å²) in [7, 11) is 0. The highest BCUT2D eigenvalue weighted by molar-refractivity contribution is 6.30. The van der Waals surface area contributed by atoms with Crippen LogP contribution in [-0.2, 0) is 4.74 Å². The third-order valence-electron chi connectivity index (χ3n) is 1.66. The minimum atomic E-state index is -0.216. The summed E-state index contributed by atoms with van der Waals surface area (Å²) in [4.78, 5) is 4.09. The fourth-order valence-electron chi connectivity index (χ4n) is 0.970. The van der Waals surface area contributed by atoms with E-state index in [4.69, 9.17) is 22.1 Å². The first-order valence-electron chi connectivity index (χ1n) is 4.29. The summed E-state index contributed by atoms with van der Waals surface area (Å²) in [5.41, 5.74) is 6.60. The molecule has 0 aliphatic carbocycles. The van der Waals surface area contributed by atoms with Gasteiger partial charge in [0.05, 0.1) is 30.0 Å². The molecule has 1 aromatic heterocycles. The van der Waals surface area contributed by atoms with E-state index in [-0.39, 0.29) is 6.04 Å². The molecule has 0 fully saturated rings. The lowest BCUT2D eigenvalue weighted by Crippen LogP contribution is -2.18. The Labute approximate surface area is 88.5 Å². The van der Waals surface area contributed by atoms with Gasteiger partial charge in [-0.25, -0.2) is 0 Å². The van der Waals surface area contributed by atoms with Gasteiger partial charge >= 0.3 is 0 Å². The zero-order chi connectivity index (χ0) is 10.4. The second kappa shape index (κ2) is 5.75. The highest BCUT2D eigenvalue weighted by Crippen LogP contribution is 2.11. The second-order valence-corrected chi connectivity index (χ2v) is 3.27. The molecule has 1 unspecified atom stereocenters. The lowest BCUT2D eigenvalue weighted by molar-refractivity contribution is 0.146. The van der Waals surface area contributed by atoms with Crippen LogP contribution in [-0.4, -0.2) is 18.2 Å². The van der Waals surface area contributed by atoms with E-state index in [9.17, 15) is 0 Å². The summed E-state index contributed by atoms with van der Waals surface area (Å²) < 4.78 is 5.21. The number of hydrogen-bond donors (Lipinski definition) is 1. The topological polar surface area (TPSA) is 48.1 Å². The van der Waals surface area contributed by atoms with Crippen molar-refractivity contribution in [3.05, 3.63) is 41.7 Å². The smallest absolute Gasteiger partial charge is 0.0707 e. The molecular formula is C10H13ClN2O. The summed E-state index contributed by atoms with van der Waals surface area (Å²) in [6, 6.07) is 3.34. The average molecular weight is 213 g/mol. The number of pyridine rings is 1. The van der Waals surface area contributed by atoms with Crippen LogP contribution in [0.3, 0.4) is 0 Å². The van der Waals surface area contributed by atoms with Gasteiger partial charge in [0.1, 0.15) is 0 Å². The molecule has 0 aliphatic heterocycles. The van der Waals surface area contributed by atoms with Crippen molar-refractivity contribution in [1.29, 1.82) is 0 Å². The van der Waals surface area contributed by atoms with E-state index in [1.54, 1.807) is 24.4 Å². The van der Waals surface area contributed by atoms with E-state index in [2.05, 4.69) is 11.6 Å². The number of aromatic nitrogens is 1. The van der Waals surface area contributed by atoms with Gasteiger partial charge in [-0.2, -0.15) is 0 Å². The van der Waals surface area contributed by atoms with Crippen LogP contribution in [0.4, 0.5) is 0 Å². The molecule has 1 atom stereocenters. The maximum atomic E-state index is 5.82. The standard InChI is InChI=1S/C10H13ClN2O/c1-2-5-14-7-9(12)10-4-3-8(11)6-13-10/h2-4,6,9H,1,5,7,12H2. The van der Waals surface area contributed by atoms with Gasteiger partial charge < -0.3 is 10.5 Å². The van der Waals surface area contributed by atoms with Crippen molar-refractivity contribution in [2.24, 2.45) is 5.73 Å². The van der Waals surface area contributed by atoms with Gasteiger partial charge in [0, 0.05) is 6.20 Å². The summed E-state index contributed by atoms with van der Waals surface area (Å²) in [5.74, 6) is 0. The first-order valence-corrected chi connectivity index (χ1v) is 4.67. The molecule has 4 heteroatoms. The minimum Gasteiger partial charge on any atom is -0.375 e. The van der Waals surface area contributed by atoms with Crippen LogP contribution in [0.2, 0.25) is 5.02 Å². The highest BCUT2D eigenvalue weighted by Gasteiger charge is 2.06. The molecule has 0 aliphatic rings. The van der Waals surface area contributed by atoms with Gasteiger partial charge in [-0.15, -0.1) is 6.58 Å². The fourth-order valence-corrected chi connectivity index (χ4v) is 1.08. The Balaban J connectivity index is 2.47. The van der Waals surface area contributed by atoms with Gasteiger partial charge in [-0.3, -0.25) is 4.98 Å². The molecule has 1 rings (SSSR count). The Hall–Kier alpha value is -0.900. The lowest BCUT2D eigenvalue weighted by atomic mass is 10.2. The molecule has 3 nitrogen and oxygen atoms in total. The van der Waals surface area contributed by atoms with E-state index in [1.807, 2.05) is 0 Å². The molecule has 1 aromatic rings. The Morgan fingerprint density at radius 2 is 2.43 bits per heavy atom. The number of nitrogens with zero attached hydrogens (tertiary/aromatic N) is 1. The fraction of sp³-hybridized carbons (Fsp3) is 0.300. The van der Waals surface area contributed by atoms with E-state index in [0.29, 0.717) is 18.2 Å². The molecule has 0 radical (unpaired) electrons. The number of ether oxygens (including phenoxy) is 1. The van der Waals surface area contributed by atoms with Crippen LogP contribution in [0, 0.1) is 0 Å². The van der Waals surface area contributed by atoms with Crippen LogP contribution in [0.25, 0.3) is 0 Å². The molecule has 0 bridgehead atoms. The van der Waals surface area contributed by atoms with Crippen molar-refractivity contribution < 1.29 is 4.74 Å². The number of hydrogen-bond acceptors (Lipinski definition) is 3. The maximum Gasteiger partial charge on any atom is 0.0707 e. The van der Waals surface area contributed by atoms with E-state index >= 15 is 0 Å². The summed E-state index contributed by atoms with van der Waals surface area (Å²) >= 11 is 5.70. The summed E-state index contributed by atoms with van der Waals surface area (Å²) in [6.07, 6.45) is 3.26. The molecule has 0 aromatic carbocycles. The van der Waals surface area contributed by atoms with Crippen LogP contribution in [0.15, 0.2) is 31.0 Å². The molecule has 76 valence electrons. The van der Waals surface area contributed by atoms with Crippen molar-refractivity contribution in [2.45, 2.75) is 6.04 Å². The Bertz CT molecular complexity index is 287. The molecular weight excluding hydrogens is 200 g/mol. The Morgan fingerprint density at radius 3 is 3.00 bits per heavy atom. The van der Waals surface area contributed by atoms with Gasteiger partial charge in [-0.05, 0) is 12.1 Å². The van der Waals surface area contributed by atoms with Crippen LogP contribution >= 0.6 is 11.6 Å². The first-order chi connectivity index (χ1) is 6.74. The van der Waals surface area contributed by atoms with Crippen molar-refractivity contribution in [1.82, 2.24) is 4.98 Å². The van der Waals surface area contributed by atoms with Crippen LogP contribution in [0.1, 0.15) is 11.7 Å². The van der Waals surface area contributed by atoms with Crippen molar-refractivity contribution >= 4 is 11.6 Å². The van der Waals surface area contributed by atoms with Gasteiger partial charge in [0.15, 0.2) is 0 Å². The SMILES string of the molecule is C=CCOCC(N)c1ccc(Cl)cn1. The average Bonchev–Trinajstić information content (AvgIpc) is 2.19. The summed E-state index contributed by atoms with van der Waals surface area (Å²) in [6.45, 7) is 4.48. The van der Waals surface area contributed by atoms with Gasteiger partial charge in [0.25, 0.3) is 0 Å². The maximum absolute atomic E-state index is 5.82. The third-order valence-corrected chi connectivity index (χ3v) is 1.89. The largest absolute Gasteiger partial charge is 0.375 e.